The fourth-order valence-electron chi connectivity index (χ4n) is 4.20. The third-order valence-electron chi connectivity index (χ3n) is 6.10. The molecule has 0 amide bonds. The molecule has 0 saturated carbocycles. The normalized spacial score (nSPS) is 13.2. The summed E-state index contributed by atoms with van der Waals surface area (Å²) in [6, 6.07) is 12.6. The lowest BCUT2D eigenvalue weighted by Crippen LogP contribution is -2.39. The van der Waals surface area contributed by atoms with Crippen LogP contribution in [0.25, 0.3) is 0 Å². The number of rotatable bonds is 10. The largest absolute Gasteiger partial charge is 0.493 e. The van der Waals surface area contributed by atoms with Crippen LogP contribution in [0.3, 0.4) is 0 Å². The van der Waals surface area contributed by atoms with Gasteiger partial charge >= 0.3 is 11.7 Å². The van der Waals surface area contributed by atoms with Crippen LogP contribution in [0.15, 0.2) is 58.3 Å². The van der Waals surface area contributed by atoms with Gasteiger partial charge in [-0.3, -0.25) is 14.2 Å². The third-order valence-corrected chi connectivity index (χ3v) is 6.10. The molecule has 4 rings (SSSR count). The van der Waals surface area contributed by atoms with E-state index in [0.717, 1.165) is 39.0 Å². The highest BCUT2D eigenvalue weighted by atomic mass is 16.5. The van der Waals surface area contributed by atoms with Gasteiger partial charge in [-0.25, -0.2) is 4.79 Å². The summed E-state index contributed by atoms with van der Waals surface area (Å²) >= 11 is 0. The smallest absolute Gasteiger partial charge is 0.330 e. The third kappa shape index (κ3) is 5.81. The Morgan fingerprint density at radius 2 is 2.03 bits per heavy atom. The van der Waals surface area contributed by atoms with Gasteiger partial charge in [-0.1, -0.05) is 24.3 Å². The monoisotopic (exact) mass is 479 g/mol. The van der Waals surface area contributed by atoms with E-state index in [2.05, 4.69) is 5.32 Å². The fourth-order valence-corrected chi connectivity index (χ4v) is 4.20. The lowest BCUT2D eigenvalue weighted by molar-refractivity contribution is -0.137. The number of hydrogen-bond donors (Lipinski definition) is 2. The summed E-state index contributed by atoms with van der Waals surface area (Å²) < 4.78 is 13.9. The number of fused-ring (bicyclic) bond motifs is 1. The van der Waals surface area contributed by atoms with Crippen molar-refractivity contribution in [2.75, 3.05) is 13.2 Å². The molecular formula is C26H29N3O6. The molecule has 1 unspecified atom stereocenters. The highest BCUT2D eigenvalue weighted by molar-refractivity contribution is 5.68. The zero-order valence-corrected chi connectivity index (χ0v) is 19.8. The molecule has 2 N–H and O–H groups in total. The molecule has 9 heteroatoms. The molecule has 0 radical (unpaired) electrons. The SMILES string of the molecule is Cc1cc(CNC(CC(=O)O)c2ccc3c(c2)CCO3)ccc1OCCn1c(=O)ccn(C)c1=O. The first-order valence-electron chi connectivity index (χ1n) is 11.5. The van der Waals surface area contributed by atoms with Crippen LogP contribution < -0.4 is 26.0 Å². The minimum absolute atomic E-state index is 0.0296. The van der Waals surface area contributed by atoms with Crippen LogP contribution in [-0.2, 0) is 31.4 Å². The standard InChI is InChI=1S/C26H29N3O6/c1-17-13-18(3-5-22(17)35-12-10-29-24(30)7-9-28(2)26(29)33)16-27-21(15-25(31)32)19-4-6-23-20(14-19)8-11-34-23/h3-7,9,13-14,21,27H,8,10-12,15-16H2,1-2H3,(H,31,32). The van der Waals surface area contributed by atoms with Crippen molar-refractivity contribution in [3.63, 3.8) is 0 Å². The molecule has 0 aliphatic carbocycles. The van der Waals surface area contributed by atoms with Crippen LogP contribution in [-0.4, -0.2) is 33.4 Å². The zero-order chi connectivity index (χ0) is 24.9. The number of aromatic nitrogens is 2. The second-order valence-corrected chi connectivity index (χ2v) is 8.64. The number of ether oxygens (including phenoxy) is 2. The van der Waals surface area contributed by atoms with Crippen LogP contribution in [0.5, 0.6) is 11.5 Å². The Morgan fingerprint density at radius 1 is 1.20 bits per heavy atom. The summed E-state index contributed by atoms with van der Waals surface area (Å²) in [4.78, 5) is 35.5. The molecule has 2 aromatic carbocycles. The predicted molar refractivity (Wildman–Crippen MR) is 130 cm³/mol. The number of benzene rings is 2. The van der Waals surface area contributed by atoms with Gasteiger partial charge in [0.25, 0.3) is 5.56 Å². The van der Waals surface area contributed by atoms with Crippen LogP contribution >= 0.6 is 0 Å². The number of nitrogens with one attached hydrogen (secondary N) is 1. The summed E-state index contributed by atoms with van der Waals surface area (Å²) in [6.45, 7) is 3.39. The predicted octanol–water partition coefficient (Wildman–Crippen LogP) is 2.17. The zero-order valence-electron chi connectivity index (χ0n) is 19.8. The van der Waals surface area contributed by atoms with E-state index in [-0.39, 0.29) is 36.9 Å². The minimum atomic E-state index is -0.869. The molecule has 35 heavy (non-hydrogen) atoms. The lowest BCUT2D eigenvalue weighted by atomic mass is 9.99. The topological polar surface area (TPSA) is 112 Å². The van der Waals surface area contributed by atoms with Crippen molar-refractivity contribution in [3.05, 3.63) is 91.8 Å². The van der Waals surface area contributed by atoms with Gasteiger partial charge in [0, 0.05) is 38.3 Å². The first-order chi connectivity index (χ1) is 16.8. The van der Waals surface area contributed by atoms with Crippen molar-refractivity contribution in [2.24, 2.45) is 7.05 Å². The Morgan fingerprint density at radius 3 is 2.80 bits per heavy atom. The molecule has 0 saturated heterocycles. The van der Waals surface area contributed by atoms with Crippen molar-refractivity contribution in [3.8, 4) is 11.5 Å². The number of carboxylic acid groups (broad SMARTS) is 1. The quantitative estimate of drug-likeness (QED) is 0.458. The molecule has 0 fully saturated rings. The number of aryl methyl sites for hydroxylation is 2. The number of carbonyl (C=O) groups is 1. The average molecular weight is 480 g/mol. The molecule has 3 aromatic rings. The second-order valence-electron chi connectivity index (χ2n) is 8.64. The Balaban J connectivity index is 1.38. The minimum Gasteiger partial charge on any atom is -0.493 e. The number of nitrogens with zero attached hydrogens (tertiary/aromatic N) is 2. The Bertz CT molecular complexity index is 1340. The van der Waals surface area contributed by atoms with E-state index in [0.29, 0.717) is 18.9 Å². The number of aliphatic carboxylic acids is 1. The first-order valence-corrected chi connectivity index (χ1v) is 11.5. The van der Waals surface area contributed by atoms with E-state index in [1.54, 1.807) is 7.05 Å². The first kappa shape index (κ1) is 24.3. The summed E-state index contributed by atoms with van der Waals surface area (Å²) in [5.74, 6) is 0.660. The van der Waals surface area contributed by atoms with Gasteiger partial charge in [0.05, 0.1) is 19.6 Å². The Labute approximate surface area is 202 Å². The lowest BCUT2D eigenvalue weighted by Gasteiger charge is -2.19. The molecule has 184 valence electrons. The fraction of sp³-hybridized carbons (Fsp3) is 0.346. The Hall–Kier alpha value is -3.85. The van der Waals surface area contributed by atoms with Crippen molar-refractivity contribution < 1.29 is 19.4 Å². The van der Waals surface area contributed by atoms with Crippen LogP contribution in [0.2, 0.25) is 0 Å². The molecule has 0 spiro atoms. The van der Waals surface area contributed by atoms with Crippen molar-refractivity contribution in [2.45, 2.75) is 38.9 Å². The number of carboxylic acids is 1. The Kier molecular flexibility index (Phi) is 7.36. The molecule has 1 atom stereocenters. The highest BCUT2D eigenvalue weighted by Crippen LogP contribution is 2.29. The van der Waals surface area contributed by atoms with Crippen molar-refractivity contribution in [1.29, 1.82) is 0 Å². The summed E-state index contributed by atoms with van der Waals surface area (Å²) in [6.07, 6.45) is 2.24. The maximum atomic E-state index is 12.1. The van der Waals surface area contributed by atoms with Gasteiger partial charge < -0.3 is 24.5 Å². The van der Waals surface area contributed by atoms with E-state index in [1.807, 2.05) is 43.3 Å². The molecule has 1 aromatic heterocycles. The van der Waals surface area contributed by atoms with Crippen LogP contribution in [0.4, 0.5) is 0 Å². The number of hydrogen-bond acceptors (Lipinski definition) is 6. The maximum Gasteiger partial charge on any atom is 0.330 e. The van der Waals surface area contributed by atoms with Gasteiger partial charge in [-0.2, -0.15) is 0 Å². The van der Waals surface area contributed by atoms with Crippen molar-refractivity contribution >= 4 is 5.97 Å². The maximum absolute atomic E-state index is 12.1. The van der Waals surface area contributed by atoms with E-state index < -0.39 is 5.97 Å². The second kappa shape index (κ2) is 10.6. The molecule has 0 bridgehead atoms. The van der Waals surface area contributed by atoms with E-state index in [9.17, 15) is 19.5 Å². The summed E-state index contributed by atoms with van der Waals surface area (Å²) in [7, 11) is 1.59. The average Bonchev–Trinajstić information content (AvgIpc) is 3.30. The molecular weight excluding hydrogens is 450 g/mol. The van der Waals surface area contributed by atoms with E-state index in [1.165, 1.54) is 16.8 Å². The van der Waals surface area contributed by atoms with Gasteiger partial charge in [0.15, 0.2) is 0 Å². The molecule has 9 nitrogen and oxygen atoms in total. The van der Waals surface area contributed by atoms with Crippen LogP contribution in [0.1, 0.15) is 34.7 Å². The summed E-state index contributed by atoms with van der Waals surface area (Å²) in [5.41, 5.74) is 3.18. The molecule has 1 aliphatic rings. The van der Waals surface area contributed by atoms with Gasteiger partial charge in [-0.15, -0.1) is 0 Å². The van der Waals surface area contributed by atoms with Gasteiger partial charge in [0.1, 0.15) is 18.1 Å². The molecule has 1 aliphatic heterocycles. The van der Waals surface area contributed by atoms with Crippen molar-refractivity contribution in [1.82, 2.24) is 14.5 Å². The summed E-state index contributed by atoms with van der Waals surface area (Å²) in [5, 5.41) is 12.8. The van der Waals surface area contributed by atoms with E-state index in [4.69, 9.17) is 9.47 Å². The highest BCUT2D eigenvalue weighted by Gasteiger charge is 2.19. The molecule has 2 heterocycles. The van der Waals surface area contributed by atoms with Crippen LogP contribution in [0, 0.1) is 6.92 Å². The van der Waals surface area contributed by atoms with E-state index >= 15 is 0 Å². The van der Waals surface area contributed by atoms with Gasteiger partial charge in [-0.05, 0) is 41.3 Å². The van der Waals surface area contributed by atoms with Gasteiger partial charge in [0.2, 0.25) is 0 Å².